The molecule has 3 heteroatoms. The van der Waals surface area contributed by atoms with Gasteiger partial charge >= 0.3 is 0 Å². The number of hydrogen-bond acceptors (Lipinski definition) is 3. The van der Waals surface area contributed by atoms with Crippen LogP contribution in [0.1, 0.15) is 46.5 Å². The van der Waals surface area contributed by atoms with E-state index in [2.05, 4.69) is 25.7 Å². The van der Waals surface area contributed by atoms with Crippen LogP contribution in [0, 0.1) is 11.3 Å². The van der Waals surface area contributed by atoms with E-state index in [9.17, 15) is 0 Å². The molecule has 0 aliphatic carbocycles. The molecular formula is C15H29NO2. The minimum absolute atomic E-state index is 0.0547. The van der Waals surface area contributed by atoms with E-state index in [4.69, 9.17) is 9.47 Å². The molecule has 0 aromatic heterocycles. The quantitative estimate of drug-likeness (QED) is 0.774. The minimum atomic E-state index is 0.0547. The number of likely N-dealkylation sites (tertiary alicyclic amines) is 1. The summed E-state index contributed by atoms with van der Waals surface area (Å²) >= 11 is 0. The van der Waals surface area contributed by atoms with Crippen molar-refractivity contribution in [3.63, 3.8) is 0 Å². The van der Waals surface area contributed by atoms with Gasteiger partial charge < -0.3 is 14.4 Å². The maximum atomic E-state index is 5.60. The lowest BCUT2D eigenvalue weighted by atomic mass is 9.75. The van der Waals surface area contributed by atoms with Gasteiger partial charge in [0.25, 0.3) is 0 Å². The SMILES string of the molecule is CC(C)(C)C1CCN(CCC2OCCCO2)CC1. The lowest BCUT2D eigenvalue weighted by Gasteiger charge is -2.39. The molecule has 0 bridgehead atoms. The normalized spacial score (nSPS) is 25.5. The van der Waals surface area contributed by atoms with Crippen molar-refractivity contribution in [1.29, 1.82) is 0 Å². The van der Waals surface area contributed by atoms with Crippen LogP contribution in [0.4, 0.5) is 0 Å². The summed E-state index contributed by atoms with van der Waals surface area (Å²) in [7, 11) is 0. The summed E-state index contributed by atoms with van der Waals surface area (Å²) in [6, 6.07) is 0. The summed E-state index contributed by atoms with van der Waals surface area (Å²) in [4.78, 5) is 2.57. The van der Waals surface area contributed by atoms with Gasteiger partial charge in [0.05, 0.1) is 13.2 Å². The molecule has 106 valence electrons. The number of nitrogens with zero attached hydrogens (tertiary/aromatic N) is 1. The van der Waals surface area contributed by atoms with Crippen molar-refractivity contribution >= 4 is 0 Å². The second-order valence-electron chi connectivity index (χ2n) is 6.80. The van der Waals surface area contributed by atoms with Crippen LogP contribution in [0.15, 0.2) is 0 Å². The van der Waals surface area contributed by atoms with Gasteiger partial charge in [-0.2, -0.15) is 0 Å². The molecular weight excluding hydrogens is 226 g/mol. The highest BCUT2D eigenvalue weighted by molar-refractivity contribution is 4.80. The van der Waals surface area contributed by atoms with E-state index in [1.807, 2.05) is 0 Å². The molecule has 0 aromatic carbocycles. The molecule has 2 aliphatic rings. The minimum Gasteiger partial charge on any atom is -0.353 e. The summed E-state index contributed by atoms with van der Waals surface area (Å²) in [6.07, 6.45) is 4.82. The standard InChI is InChI=1S/C15H29NO2/c1-15(2,3)13-5-8-16(9-6-13)10-7-14-17-11-4-12-18-14/h13-14H,4-12H2,1-3H3. The summed E-state index contributed by atoms with van der Waals surface area (Å²) in [5.41, 5.74) is 0.474. The van der Waals surface area contributed by atoms with Gasteiger partial charge in [0.1, 0.15) is 0 Å². The molecule has 0 saturated carbocycles. The average Bonchev–Trinajstić information content (AvgIpc) is 2.37. The van der Waals surface area contributed by atoms with Crippen molar-refractivity contribution in [2.24, 2.45) is 11.3 Å². The van der Waals surface area contributed by atoms with E-state index in [0.29, 0.717) is 5.41 Å². The third-order valence-electron chi connectivity index (χ3n) is 4.39. The van der Waals surface area contributed by atoms with Crippen molar-refractivity contribution < 1.29 is 9.47 Å². The van der Waals surface area contributed by atoms with Crippen LogP contribution in [-0.2, 0) is 9.47 Å². The molecule has 0 radical (unpaired) electrons. The fourth-order valence-electron chi connectivity index (χ4n) is 3.01. The van der Waals surface area contributed by atoms with Gasteiger partial charge in [-0.1, -0.05) is 20.8 Å². The Labute approximate surface area is 112 Å². The highest BCUT2D eigenvalue weighted by atomic mass is 16.7. The van der Waals surface area contributed by atoms with E-state index >= 15 is 0 Å². The van der Waals surface area contributed by atoms with Crippen molar-refractivity contribution in [3.05, 3.63) is 0 Å². The number of ether oxygens (including phenoxy) is 2. The monoisotopic (exact) mass is 255 g/mol. The Morgan fingerprint density at radius 1 is 1.06 bits per heavy atom. The van der Waals surface area contributed by atoms with Crippen LogP contribution in [0.5, 0.6) is 0 Å². The maximum Gasteiger partial charge on any atom is 0.158 e. The molecule has 0 unspecified atom stereocenters. The number of rotatable bonds is 3. The largest absolute Gasteiger partial charge is 0.353 e. The van der Waals surface area contributed by atoms with E-state index in [1.54, 1.807) is 0 Å². The second-order valence-corrected chi connectivity index (χ2v) is 6.80. The molecule has 2 saturated heterocycles. The zero-order valence-electron chi connectivity index (χ0n) is 12.3. The van der Waals surface area contributed by atoms with Crippen LogP contribution in [0.2, 0.25) is 0 Å². The number of piperidine rings is 1. The summed E-state index contributed by atoms with van der Waals surface area (Å²) in [6.45, 7) is 12.5. The van der Waals surface area contributed by atoms with Crippen molar-refractivity contribution in [3.8, 4) is 0 Å². The first-order valence-corrected chi connectivity index (χ1v) is 7.51. The Morgan fingerprint density at radius 3 is 2.22 bits per heavy atom. The fourth-order valence-corrected chi connectivity index (χ4v) is 3.01. The van der Waals surface area contributed by atoms with E-state index in [-0.39, 0.29) is 6.29 Å². The molecule has 0 spiro atoms. The van der Waals surface area contributed by atoms with Crippen molar-refractivity contribution in [1.82, 2.24) is 4.90 Å². The predicted molar refractivity (Wildman–Crippen MR) is 73.5 cm³/mol. The Hall–Kier alpha value is -0.120. The molecule has 18 heavy (non-hydrogen) atoms. The molecule has 2 aliphatic heterocycles. The summed E-state index contributed by atoms with van der Waals surface area (Å²) in [5.74, 6) is 0.885. The average molecular weight is 255 g/mol. The molecule has 0 atom stereocenters. The van der Waals surface area contributed by atoms with E-state index in [1.165, 1.54) is 25.9 Å². The molecule has 2 fully saturated rings. The predicted octanol–water partition coefficient (Wildman–Crippen LogP) is 2.90. The molecule has 0 N–H and O–H groups in total. The Balaban J connectivity index is 1.64. The van der Waals surface area contributed by atoms with E-state index < -0.39 is 0 Å². The number of hydrogen-bond donors (Lipinski definition) is 0. The van der Waals surface area contributed by atoms with Gasteiger partial charge in [-0.25, -0.2) is 0 Å². The lowest BCUT2D eigenvalue weighted by Crippen LogP contribution is -2.40. The van der Waals surface area contributed by atoms with Crippen LogP contribution in [0.3, 0.4) is 0 Å². The molecule has 0 amide bonds. The zero-order valence-corrected chi connectivity index (χ0v) is 12.3. The van der Waals surface area contributed by atoms with Gasteiger partial charge in [-0.15, -0.1) is 0 Å². The van der Waals surface area contributed by atoms with Crippen molar-refractivity contribution in [2.75, 3.05) is 32.8 Å². The first-order chi connectivity index (χ1) is 8.55. The molecule has 0 aromatic rings. The van der Waals surface area contributed by atoms with Crippen LogP contribution < -0.4 is 0 Å². The highest BCUT2D eigenvalue weighted by Crippen LogP contribution is 2.34. The summed E-state index contributed by atoms with van der Waals surface area (Å²) in [5, 5.41) is 0. The Morgan fingerprint density at radius 2 is 1.67 bits per heavy atom. The van der Waals surface area contributed by atoms with Crippen LogP contribution in [0.25, 0.3) is 0 Å². The van der Waals surface area contributed by atoms with Crippen LogP contribution in [-0.4, -0.2) is 44.0 Å². The lowest BCUT2D eigenvalue weighted by molar-refractivity contribution is -0.183. The first kappa shape index (κ1) is 14.3. The molecule has 3 nitrogen and oxygen atoms in total. The van der Waals surface area contributed by atoms with Crippen LogP contribution >= 0.6 is 0 Å². The summed E-state index contributed by atoms with van der Waals surface area (Å²) < 4.78 is 11.2. The topological polar surface area (TPSA) is 21.7 Å². The third kappa shape index (κ3) is 4.22. The van der Waals surface area contributed by atoms with Gasteiger partial charge in [0.15, 0.2) is 6.29 Å². The molecule has 2 rings (SSSR count). The molecule has 2 heterocycles. The third-order valence-corrected chi connectivity index (χ3v) is 4.39. The maximum absolute atomic E-state index is 5.60. The first-order valence-electron chi connectivity index (χ1n) is 7.51. The highest BCUT2D eigenvalue weighted by Gasteiger charge is 2.28. The fraction of sp³-hybridized carbons (Fsp3) is 1.00. The Kier molecular flexibility index (Phi) is 5.05. The van der Waals surface area contributed by atoms with Gasteiger partial charge in [0, 0.05) is 13.0 Å². The van der Waals surface area contributed by atoms with Gasteiger partial charge in [-0.05, 0) is 43.7 Å². The van der Waals surface area contributed by atoms with Crippen molar-refractivity contribution in [2.45, 2.75) is 52.7 Å². The second kappa shape index (κ2) is 6.36. The zero-order chi connectivity index (χ0) is 13.0. The smallest absolute Gasteiger partial charge is 0.158 e. The Bertz CT molecular complexity index is 235. The van der Waals surface area contributed by atoms with E-state index in [0.717, 1.165) is 38.5 Å². The van der Waals surface area contributed by atoms with Gasteiger partial charge in [0.2, 0.25) is 0 Å². The van der Waals surface area contributed by atoms with Gasteiger partial charge in [-0.3, -0.25) is 0 Å².